The molecule has 0 unspecified atom stereocenters. The molecule has 6 N–H and O–H groups in total. The summed E-state index contributed by atoms with van der Waals surface area (Å²) >= 11 is 0. The Labute approximate surface area is 228 Å². The van der Waals surface area contributed by atoms with Crippen LogP contribution >= 0.6 is 15.2 Å². The summed E-state index contributed by atoms with van der Waals surface area (Å²) in [5, 5.41) is 17.7. The topological polar surface area (TPSA) is 223 Å². The third-order valence-corrected chi connectivity index (χ3v) is 9.35. The maximum atomic E-state index is 12.5. The van der Waals surface area contributed by atoms with Crippen LogP contribution in [0.5, 0.6) is 17.2 Å². The van der Waals surface area contributed by atoms with Crippen LogP contribution in [-0.2, 0) is 23.3 Å². The second-order valence-corrected chi connectivity index (χ2v) is 12.5. The summed E-state index contributed by atoms with van der Waals surface area (Å²) in [6.07, 6.45) is -0.502. The van der Waals surface area contributed by atoms with Crippen LogP contribution in [0.1, 0.15) is 6.42 Å². The second-order valence-electron chi connectivity index (χ2n) is 8.47. The lowest BCUT2D eigenvalue weighted by molar-refractivity contribution is 0.00908. The first kappa shape index (κ1) is 31.8. The Morgan fingerprint density at radius 1 is 0.750 bits per heavy atom. The fourth-order valence-electron chi connectivity index (χ4n) is 3.58. The van der Waals surface area contributed by atoms with E-state index in [1.54, 1.807) is 12.1 Å². The highest BCUT2D eigenvalue weighted by Gasteiger charge is 2.42. The molecule has 220 valence electrons. The van der Waals surface area contributed by atoms with Crippen molar-refractivity contribution in [1.29, 1.82) is 0 Å². The monoisotopic (exact) mass is 604 g/mol. The van der Waals surface area contributed by atoms with Crippen molar-refractivity contribution in [3.05, 3.63) is 52.7 Å². The molecule has 0 aliphatic carbocycles. The van der Waals surface area contributed by atoms with Crippen molar-refractivity contribution < 1.29 is 62.3 Å². The summed E-state index contributed by atoms with van der Waals surface area (Å²) in [4.78, 5) is 48.7. The van der Waals surface area contributed by atoms with Gasteiger partial charge in [-0.05, 0) is 30.7 Å². The molecule has 2 aromatic carbocycles. The van der Waals surface area contributed by atoms with E-state index >= 15 is 0 Å². The zero-order chi connectivity index (χ0) is 29.3. The average Bonchev–Trinajstić information content (AvgIpc) is 2.85. The normalized spacial score (nSPS) is 12.3. The van der Waals surface area contributed by atoms with Crippen LogP contribution in [0.25, 0.3) is 22.3 Å². The summed E-state index contributed by atoms with van der Waals surface area (Å²) in [6, 6.07) is 10.1. The van der Waals surface area contributed by atoms with E-state index in [4.69, 9.17) is 42.9 Å². The molecule has 0 aliphatic rings. The number of phenols is 2. The third kappa shape index (κ3) is 9.41. The first-order chi connectivity index (χ1) is 18.9. The van der Waals surface area contributed by atoms with Gasteiger partial charge in [0.25, 0.3) is 0 Å². The summed E-state index contributed by atoms with van der Waals surface area (Å²) in [5.41, 5.74) is 0.257. The molecular formula is C24H30O14P2. The van der Waals surface area contributed by atoms with Crippen LogP contribution in [0.15, 0.2) is 51.7 Å². The Balaban J connectivity index is 1.36. The molecule has 0 atom stereocenters. The van der Waals surface area contributed by atoms with E-state index in [9.17, 15) is 24.1 Å². The van der Waals surface area contributed by atoms with Crippen molar-refractivity contribution in [1.82, 2.24) is 0 Å². The third-order valence-electron chi connectivity index (χ3n) is 5.47. The predicted molar refractivity (Wildman–Crippen MR) is 142 cm³/mol. The molecule has 3 rings (SSSR count). The number of ether oxygens (including phenoxy) is 4. The van der Waals surface area contributed by atoms with Gasteiger partial charge in [0.2, 0.25) is 0 Å². The van der Waals surface area contributed by atoms with E-state index in [-0.39, 0.29) is 80.2 Å². The van der Waals surface area contributed by atoms with E-state index in [1.165, 1.54) is 30.3 Å². The van der Waals surface area contributed by atoms with E-state index in [0.29, 0.717) is 5.56 Å². The maximum Gasteiger partial charge on any atom is 0.340 e. The number of phenolic OH excluding ortho intramolecular Hbond substituents is 2. The Morgan fingerprint density at radius 3 is 1.88 bits per heavy atom. The highest BCUT2D eigenvalue weighted by Crippen LogP contribution is 2.61. The van der Waals surface area contributed by atoms with Crippen LogP contribution in [0, 0.1) is 0 Å². The van der Waals surface area contributed by atoms with Gasteiger partial charge >= 0.3 is 15.2 Å². The molecule has 14 nitrogen and oxygen atoms in total. The minimum atomic E-state index is -4.97. The molecule has 0 amide bonds. The van der Waals surface area contributed by atoms with Crippen molar-refractivity contribution in [2.75, 3.05) is 46.2 Å². The number of fused-ring (bicyclic) bond motifs is 1. The van der Waals surface area contributed by atoms with Gasteiger partial charge in [0.05, 0.1) is 33.0 Å². The van der Waals surface area contributed by atoms with Crippen molar-refractivity contribution in [3.8, 4) is 28.6 Å². The number of hydrogen-bond acceptors (Lipinski definition) is 10. The largest absolute Gasteiger partial charge is 0.508 e. The molecule has 1 aromatic heterocycles. The first-order valence-corrected chi connectivity index (χ1v) is 15.3. The Hall–Kier alpha value is -2.77. The zero-order valence-corrected chi connectivity index (χ0v) is 22.9. The molecular weight excluding hydrogens is 574 g/mol. The average molecular weight is 604 g/mol. The molecule has 40 heavy (non-hydrogen) atoms. The fraction of sp³-hybridized carbons (Fsp3) is 0.375. The number of aromatic hydroxyl groups is 2. The molecule has 0 radical (unpaired) electrons. The highest BCUT2D eigenvalue weighted by molar-refractivity contribution is 7.70. The number of benzene rings is 2. The van der Waals surface area contributed by atoms with Crippen LogP contribution < -0.4 is 10.2 Å². The molecule has 0 saturated heterocycles. The van der Waals surface area contributed by atoms with E-state index in [0.717, 1.165) is 0 Å². The first-order valence-electron chi connectivity index (χ1n) is 11.9. The maximum absolute atomic E-state index is 12.5. The van der Waals surface area contributed by atoms with Gasteiger partial charge in [0.15, 0.2) is 10.8 Å². The van der Waals surface area contributed by atoms with Crippen molar-refractivity contribution in [2.45, 2.75) is 11.8 Å². The SMILES string of the molecule is O=c1cc(-c2ccc(O)cc2)oc2cc(OCCOCCOCCOCCC(P(=O)(O)O)P(=O)(O)O)cc(O)c12. The van der Waals surface area contributed by atoms with Crippen LogP contribution in [0.3, 0.4) is 0 Å². The lowest BCUT2D eigenvalue weighted by Gasteiger charge is -2.19. The fourth-order valence-corrected chi connectivity index (χ4v) is 6.03. The molecule has 16 heteroatoms. The Morgan fingerprint density at radius 2 is 1.30 bits per heavy atom. The van der Waals surface area contributed by atoms with Gasteiger partial charge in [0, 0.05) is 30.4 Å². The van der Waals surface area contributed by atoms with Gasteiger partial charge in [0.1, 0.15) is 40.6 Å². The van der Waals surface area contributed by atoms with Crippen LogP contribution in [0.2, 0.25) is 0 Å². The molecule has 0 saturated carbocycles. The number of rotatable bonds is 16. The lowest BCUT2D eigenvalue weighted by Crippen LogP contribution is -2.15. The minimum Gasteiger partial charge on any atom is -0.508 e. The van der Waals surface area contributed by atoms with E-state index < -0.39 is 32.4 Å². The van der Waals surface area contributed by atoms with Gasteiger partial charge in [-0.2, -0.15) is 0 Å². The van der Waals surface area contributed by atoms with Crippen molar-refractivity contribution in [2.24, 2.45) is 0 Å². The molecule has 0 aliphatic heterocycles. The second kappa shape index (κ2) is 14.2. The van der Waals surface area contributed by atoms with Gasteiger partial charge in [-0.15, -0.1) is 0 Å². The quantitative estimate of drug-likeness (QED) is 0.102. The Bertz CT molecular complexity index is 1390. The number of hydrogen-bond donors (Lipinski definition) is 6. The van der Waals surface area contributed by atoms with E-state index in [1.807, 2.05) is 0 Å². The minimum absolute atomic E-state index is 0.00987. The summed E-state index contributed by atoms with van der Waals surface area (Å²) in [5.74, 6) is 0.286. The molecule has 0 spiro atoms. The van der Waals surface area contributed by atoms with Gasteiger partial charge in [-0.3, -0.25) is 13.9 Å². The van der Waals surface area contributed by atoms with Gasteiger partial charge in [-0.1, -0.05) is 0 Å². The van der Waals surface area contributed by atoms with Gasteiger partial charge < -0.3 is 53.2 Å². The lowest BCUT2D eigenvalue weighted by atomic mass is 10.1. The molecule has 1 heterocycles. The van der Waals surface area contributed by atoms with E-state index in [2.05, 4.69) is 0 Å². The zero-order valence-electron chi connectivity index (χ0n) is 21.1. The highest BCUT2D eigenvalue weighted by atomic mass is 31.2. The van der Waals surface area contributed by atoms with Crippen molar-refractivity contribution >= 4 is 26.2 Å². The smallest absolute Gasteiger partial charge is 0.340 e. The van der Waals surface area contributed by atoms with Crippen molar-refractivity contribution in [3.63, 3.8) is 0 Å². The Kier molecular flexibility index (Phi) is 11.3. The summed E-state index contributed by atoms with van der Waals surface area (Å²) < 4.78 is 49.5. The van der Waals surface area contributed by atoms with Crippen LogP contribution in [-0.4, -0.2) is 81.4 Å². The summed E-state index contributed by atoms with van der Waals surface area (Å²) in [6.45, 7) is 0.648. The molecule has 0 bridgehead atoms. The van der Waals surface area contributed by atoms with Gasteiger partial charge in [-0.25, -0.2) is 0 Å². The predicted octanol–water partition coefficient (Wildman–Crippen LogP) is 2.37. The standard InChI is InChI=1S/C24H30O14P2/c25-17-3-1-16(2-4-17)21-15-20(27)24-19(26)13-18(14-22(24)38-21)37-12-11-36-10-9-35-8-7-34-6-5-23(39(28,29)30)40(31,32)33/h1-4,13-15,23,25-26H,5-12H2,(H2,28,29,30)(H2,31,32,33). The van der Waals surface area contributed by atoms with Crippen LogP contribution in [0.4, 0.5) is 0 Å². The molecule has 0 fully saturated rings. The summed E-state index contributed by atoms with van der Waals surface area (Å²) in [7, 11) is -9.93. The molecule has 3 aromatic rings.